The maximum Gasteiger partial charge on any atom is 0.234 e. The van der Waals surface area contributed by atoms with Gasteiger partial charge in [0.2, 0.25) is 12.2 Å². The van der Waals surface area contributed by atoms with Crippen molar-refractivity contribution in [3.63, 3.8) is 0 Å². The normalized spacial score (nSPS) is 27.5. The molecule has 1 rings (SSSR count). The number of thioether (sulfide) groups is 1. The molecule has 1 radical (unpaired) electrons. The maximum atomic E-state index is 10.3. The molecule has 0 saturated carbocycles. The number of carbonyl (C=O) groups excluding carboxylic acids is 2. The summed E-state index contributed by atoms with van der Waals surface area (Å²) >= 11 is 1.27. The Hall–Kier alpha value is -0.510. The van der Waals surface area contributed by atoms with Gasteiger partial charge >= 0.3 is 0 Å². The van der Waals surface area contributed by atoms with Gasteiger partial charge in [0.1, 0.15) is 5.37 Å². The average Bonchev–Trinajstić information content (AvgIpc) is 2.14. The molecule has 0 bridgehead atoms. The lowest BCUT2D eigenvalue weighted by molar-refractivity contribution is -0.117. The second kappa shape index (κ2) is 2.17. The van der Waals surface area contributed by atoms with E-state index < -0.39 is 5.37 Å². The van der Waals surface area contributed by atoms with E-state index in [1.54, 1.807) is 6.29 Å². The van der Waals surface area contributed by atoms with Crippen LogP contribution < -0.4 is 5.32 Å². The summed E-state index contributed by atoms with van der Waals surface area (Å²) in [4.78, 5) is 20.1. The van der Waals surface area contributed by atoms with Gasteiger partial charge in [-0.3, -0.25) is 9.59 Å². The Balaban J connectivity index is 2.43. The molecular formula is C4H4NO2S. The fraction of sp³-hybridized carbons (Fsp3) is 0.500. The Bertz CT molecular complexity index is 125. The van der Waals surface area contributed by atoms with E-state index in [4.69, 9.17) is 0 Å². The van der Waals surface area contributed by atoms with Crippen LogP contribution in [0.5, 0.6) is 0 Å². The van der Waals surface area contributed by atoms with Crippen LogP contribution in [0.15, 0.2) is 0 Å². The summed E-state index contributed by atoms with van der Waals surface area (Å²) in [7, 11) is 0. The van der Waals surface area contributed by atoms with Crippen LogP contribution in [0.3, 0.4) is 0 Å². The quantitative estimate of drug-likeness (QED) is 0.509. The van der Waals surface area contributed by atoms with Crippen molar-refractivity contribution in [3.05, 3.63) is 0 Å². The molecule has 1 heterocycles. The SMILES string of the molecule is O=[C]C1NC(=O)CS1. The highest BCUT2D eigenvalue weighted by molar-refractivity contribution is 8.01. The molecule has 43 valence electrons. The van der Waals surface area contributed by atoms with Crippen LogP contribution in [0, 0.1) is 0 Å². The standard InChI is InChI=1S/C4H4NO2S/c6-1-4-5-3(7)2-8-4/h4H,2H2,(H,5,7). The van der Waals surface area contributed by atoms with Crippen LogP contribution >= 0.6 is 11.8 Å². The van der Waals surface area contributed by atoms with Crippen molar-refractivity contribution in [1.29, 1.82) is 0 Å². The van der Waals surface area contributed by atoms with E-state index in [1.807, 2.05) is 0 Å². The second-order valence-corrected chi connectivity index (χ2v) is 2.47. The molecule has 0 aromatic rings. The van der Waals surface area contributed by atoms with Gasteiger partial charge in [0.05, 0.1) is 5.75 Å². The minimum absolute atomic E-state index is 0.0802. The maximum absolute atomic E-state index is 10.3. The number of hydrogen-bond donors (Lipinski definition) is 1. The molecule has 1 aliphatic rings. The van der Waals surface area contributed by atoms with Gasteiger partial charge in [0.25, 0.3) is 0 Å². The molecule has 0 spiro atoms. The topological polar surface area (TPSA) is 46.2 Å². The minimum atomic E-state index is -0.414. The summed E-state index contributed by atoms with van der Waals surface area (Å²) in [5.41, 5.74) is 0. The minimum Gasteiger partial charge on any atom is -0.336 e. The third kappa shape index (κ3) is 1.01. The largest absolute Gasteiger partial charge is 0.336 e. The molecule has 1 aliphatic heterocycles. The van der Waals surface area contributed by atoms with E-state index >= 15 is 0 Å². The Morgan fingerprint density at radius 1 is 1.88 bits per heavy atom. The Labute approximate surface area is 50.8 Å². The summed E-state index contributed by atoms with van der Waals surface area (Å²) in [6.07, 6.45) is 1.68. The lowest BCUT2D eigenvalue weighted by Crippen LogP contribution is -2.25. The van der Waals surface area contributed by atoms with Crippen LogP contribution in [0.2, 0.25) is 0 Å². The first-order chi connectivity index (χ1) is 3.83. The first kappa shape index (κ1) is 5.62. The van der Waals surface area contributed by atoms with E-state index in [2.05, 4.69) is 5.32 Å². The van der Waals surface area contributed by atoms with Gasteiger partial charge in [-0.2, -0.15) is 0 Å². The molecule has 0 aromatic carbocycles. The Kier molecular flexibility index (Phi) is 1.53. The first-order valence-electron chi connectivity index (χ1n) is 2.11. The summed E-state index contributed by atoms with van der Waals surface area (Å²) in [6, 6.07) is 0. The fourth-order valence-corrected chi connectivity index (χ4v) is 1.14. The van der Waals surface area contributed by atoms with Crippen molar-refractivity contribution >= 4 is 24.0 Å². The van der Waals surface area contributed by atoms with Crippen LogP contribution in [0.25, 0.3) is 0 Å². The number of hydrogen-bond acceptors (Lipinski definition) is 3. The zero-order valence-electron chi connectivity index (χ0n) is 4.01. The molecule has 8 heavy (non-hydrogen) atoms. The molecule has 1 amide bonds. The van der Waals surface area contributed by atoms with Crippen molar-refractivity contribution in [3.8, 4) is 0 Å². The van der Waals surface area contributed by atoms with Gasteiger partial charge in [-0.1, -0.05) is 0 Å². The molecule has 3 nitrogen and oxygen atoms in total. The third-order valence-electron chi connectivity index (χ3n) is 0.780. The molecule has 1 saturated heterocycles. The predicted octanol–water partition coefficient (Wildman–Crippen LogP) is -0.715. The zero-order chi connectivity index (χ0) is 5.98. The van der Waals surface area contributed by atoms with Gasteiger partial charge in [-0.05, 0) is 0 Å². The van der Waals surface area contributed by atoms with Crippen LogP contribution in [0.1, 0.15) is 0 Å². The van der Waals surface area contributed by atoms with Crippen LogP contribution in [0.4, 0.5) is 0 Å². The summed E-state index contributed by atoms with van der Waals surface area (Å²) < 4.78 is 0. The van der Waals surface area contributed by atoms with Gasteiger partial charge < -0.3 is 5.32 Å². The van der Waals surface area contributed by atoms with Crippen molar-refractivity contribution in [1.82, 2.24) is 5.32 Å². The second-order valence-electron chi connectivity index (χ2n) is 1.38. The number of amides is 1. The highest BCUT2D eigenvalue weighted by Gasteiger charge is 2.20. The smallest absolute Gasteiger partial charge is 0.234 e. The van der Waals surface area contributed by atoms with Crippen molar-refractivity contribution in [2.75, 3.05) is 5.75 Å². The van der Waals surface area contributed by atoms with Crippen LogP contribution in [-0.4, -0.2) is 23.3 Å². The lowest BCUT2D eigenvalue weighted by Gasteiger charge is -1.92. The lowest BCUT2D eigenvalue weighted by atomic mass is 10.6. The van der Waals surface area contributed by atoms with Gasteiger partial charge in [0.15, 0.2) is 0 Å². The molecule has 1 unspecified atom stereocenters. The molecule has 0 aliphatic carbocycles. The van der Waals surface area contributed by atoms with Gasteiger partial charge in [-0.25, -0.2) is 0 Å². The average molecular weight is 130 g/mol. The van der Waals surface area contributed by atoms with E-state index in [0.29, 0.717) is 5.75 Å². The zero-order valence-corrected chi connectivity index (χ0v) is 4.83. The third-order valence-corrected chi connectivity index (χ3v) is 1.76. The number of carbonyl (C=O) groups is 1. The molecule has 4 heteroatoms. The molecule has 1 fully saturated rings. The van der Waals surface area contributed by atoms with Crippen molar-refractivity contribution < 1.29 is 9.59 Å². The van der Waals surface area contributed by atoms with E-state index in [1.165, 1.54) is 11.8 Å². The van der Waals surface area contributed by atoms with Crippen molar-refractivity contribution in [2.45, 2.75) is 5.37 Å². The van der Waals surface area contributed by atoms with Crippen LogP contribution in [-0.2, 0) is 9.59 Å². The van der Waals surface area contributed by atoms with Gasteiger partial charge in [-0.15, -0.1) is 11.8 Å². The molecule has 1 atom stereocenters. The Morgan fingerprint density at radius 3 is 2.88 bits per heavy atom. The van der Waals surface area contributed by atoms with E-state index in [-0.39, 0.29) is 5.91 Å². The molecule has 0 aromatic heterocycles. The van der Waals surface area contributed by atoms with Crippen molar-refractivity contribution in [2.24, 2.45) is 0 Å². The Morgan fingerprint density at radius 2 is 2.62 bits per heavy atom. The monoisotopic (exact) mass is 130 g/mol. The van der Waals surface area contributed by atoms with E-state index in [0.717, 1.165) is 0 Å². The summed E-state index contributed by atoms with van der Waals surface area (Å²) in [6.45, 7) is 0. The highest BCUT2D eigenvalue weighted by Crippen LogP contribution is 2.11. The first-order valence-corrected chi connectivity index (χ1v) is 3.16. The summed E-state index contributed by atoms with van der Waals surface area (Å²) in [5, 5.41) is 1.99. The number of rotatable bonds is 1. The molecular weight excluding hydrogens is 126 g/mol. The van der Waals surface area contributed by atoms with Gasteiger partial charge in [0, 0.05) is 0 Å². The predicted molar refractivity (Wildman–Crippen MR) is 30.1 cm³/mol. The van der Waals surface area contributed by atoms with E-state index in [9.17, 15) is 9.59 Å². The molecule has 1 N–H and O–H groups in total. The highest BCUT2D eigenvalue weighted by atomic mass is 32.2. The summed E-state index contributed by atoms with van der Waals surface area (Å²) in [5.74, 6) is 0.309. The number of nitrogens with one attached hydrogen (secondary N) is 1. The fourth-order valence-electron chi connectivity index (χ4n) is 0.452.